The van der Waals surface area contributed by atoms with Gasteiger partial charge in [-0.1, -0.05) is 18.6 Å². The second-order valence-electron chi connectivity index (χ2n) is 9.00. The van der Waals surface area contributed by atoms with E-state index in [1.165, 1.54) is 19.3 Å². The fourth-order valence-electron chi connectivity index (χ4n) is 4.73. The van der Waals surface area contributed by atoms with E-state index in [0.29, 0.717) is 13.1 Å². The Kier molecular flexibility index (Phi) is 6.08. The molecule has 0 bridgehead atoms. The minimum atomic E-state index is 0.00572. The maximum Gasteiger partial charge on any atom is 0.246 e. The third-order valence-corrected chi connectivity index (χ3v) is 7.02. The highest BCUT2D eigenvalue weighted by molar-refractivity contribution is 5.91. The van der Waals surface area contributed by atoms with E-state index in [9.17, 15) is 9.90 Å². The van der Waals surface area contributed by atoms with Gasteiger partial charge in [-0.3, -0.25) is 9.69 Å². The van der Waals surface area contributed by atoms with Crippen LogP contribution >= 0.6 is 0 Å². The summed E-state index contributed by atoms with van der Waals surface area (Å²) in [5.41, 5.74) is 3.12. The van der Waals surface area contributed by atoms with Crippen LogP contribution < -0.4 is 4.90 Å². The molecule has 1 aromatic carbocycles. The van der Waals surface area contributed by atoms with Gasteiger partial charge in [0.05, 0.1) is 5.69 Å². The lowest BCUT2D eigenvalue weighted by molar-refractivity contribution is -0.125. The Bertz CT molecular complexity index is 978. The number of carbonyl (C=O) groups excluding carboxylic acids is 1. The van der Waals surface area contributed by atoms with Crippen LogP contribution in [0.1, 0.15) is 36.1 Å². The summed E-state index contributed by atoms with van der Waals surface area (Å²) < 4.78 is 0. The van der Waals surface area contributed by atoms with Crippen molar-refractivity contribution < 1.29 is 9.90 Å². The first kappa shape index (κ1) is 20.9. The summed E-state index contributed by atoms with van der Waals surface area (Å²) in [7, 11) is 0. The monoisotopic (exact) mass is 433 g/mol. The number of aromatic nitrogens is 2. The standard InChI is InChI=1S/C25H31N5O2/c31-22-7-4-19(5-8-22)6-9-24(32)29-12-10-20-18-26-25(27-23(20)11-13-29)30-16-14-28(15-17-30)21-2-1-3-21/h4-9,18,21,31H,1-3,10-17H2/b9-6+. The molecule has 7 nitrogen and oxygen atoms in total. The summed E-state index contributed by atoms with van der Waals surface area (Å²) >= 11 is 0. The summed E-state index contributed by atoms with van der Waals surface area (Å²) in [6, 6.07) is 7.63. The van der Waals surface area contributed by atoms with Gasteiger partial charge in [0.15, 0.2) is 0 Å². The Balaban J connectivity index is 1.19. The predicted octanol–water partition coefficient (Wildman–Crippen LogP) is 2.50. The Hall–Kier alpha value is -2.93. The molecular formula is C25H31N5O2. The lowest BCUT2D eigenvalue weighted by Gasteiger charge is -2.43. The third kappa shape index (κ3) is 4.63. The number of anilines is 1. The first-order chi connectivity index (χ1) is 15.7. The van der Waals surface area contributed by atoms with Crippen molar-refractivity contribution in [1.82, 2.24) is 19.8 Å². The smallest absolute Gasteiger partial charge is 0.246 e. The fourth-order valence-corrected chi connectivity index (χ4v) is 4.73. The van der Waals surface area contributed by atoms with Crippen molar-refractivity contribution >= 4 is 17.9 Å². The maximum absolute atomic E-state index is 12.7. The molecule has 2 aromatic rings. The molecule has 2 fully saturated rings. The predicted molar refractivity (Wildman–Crippen MR) is 125 cm³/mol. The first-order valence-corrected chi connectivity index (χ1v) is 11.8. The number of phenolic OH excluding ortho intramolecular Hbond substituents is 1. The van der Waals surface area contributed by atoms with E-state index in [0.717, 1.165) is 67.8 Å². The zero-order valence-corrected chi connectivity index (χ0v) is 18.5. The zero-order chi connectivity index (χ0) is 21.9. The van der Waals surface area contributed by atoms with E-state index in [2.05, 4.69) is 14.8 Å². The molecular weight excluding hydrogens is 402 g/mol. The summed E-state index contributed by atoms with van der Waals surface area (Å²) in [5.74, 6) is 1.06. The van der Waals surface area contributed by atoms with E-state index >= 15 is 0 Å². The van der Waals surface area contributed by atoms with Crippen LogP contribution in [0.2, 0.25) is 0 Å². The highest BCUT2D eigenvalue weighted by atomic mass is 16.3. The summed E-state index contributed by atoms with van der Waals surface area (Å²) in [5, 5.41) is 9.39. The van der Waals surface area contributed by atoms with E-state index in [4.69, 9.17) is 4.98 Å². The fraction of sp³-hybridized carbons (Fsp3) is 0.480. The number of aromatic hydroxyl groups is 1. The second-order valence-corrected chi connectivity index (χ2v) is 9.00. The van der Waals surface area contributed by atoms with Gasteiger partial charge in [-0.15, -0.1) is 0 Å². The second kappa shape index (κ2) is 9.28. The van der Waals surface area contributed by atoms with E-state index in [1.807, 2.05) is 11.1 Å². The van der Waals surface area contributed by atoms with Gasteiger partial charge in [0.2, 0.25) is 11.9 Å². The average molecular weight is 434 g/mol. The van der Waals surface area contributed by atoms with Crippen LogP contribution in [0.5, 0.6) is 5.75 Å². The number of hydrogen-bond donors (Lipinski definition) is 1. The van der Waals surface area contributed by atoms with Gasteiger partial charge in [0, 0.05) is 64.0 Å². The number of benzene rings is 1. The molecule has 0 atom stereocenters. The van der Waals surface area contributed by atoms with E-state index in [1.54, 1.807) is 36.4 Å². The summed E-state index contributed by atoms with van der Waals surface area (Å²) in [6.07, 6.45) is 11.0. The van der Waals surface area contributed by atoms with Gasteiger partial charge in [0.1, 0.15) is 5.75 Å². The number of hydrogen-bond acceptors (Lipinski definition) is 6. The number of piperazine rings is 1. The normalized spacial score (nSPS) is 20.1. The number of phenols is 1. The minimum absolute atomic E-state index is 0.00572. The van der Waals surface area contributed by atoms with Crippen molar-refractivity contribution in [3.63, 3.8) is 0 Å². The molecule has 1 saturated carbocycles. The molecule has 3 aliphatic rings. The van der Waals surface area contributed by atoms with Crippen LogP contribution in [0.15, 0.2) is 36.5 Å². The molecule has 0 spiro atoms. The highest BCUT2D eigenvalue weighted by Crippen LogP contribution is 2.26. The number of rotatable bonds is 4. The number of nitrogens with zero attached hydrogens (tertiary/aromatic N) is 5. The van der Waals surface area contributed by atoms with E-state index in [-0.39, 0.29) is 11.7 Å². The molecule has 168 valence electrons. The Labute approximate surface area is 189 Å². The Morgan fingerprint density at radius 3 is 2.47 bits per heavy atom. The molecule has 1 saturated heterocycles. The quantitative estimate of drug-likeness (QED) is 0.747. The van der Waals surface area contributed by atoms with Crippen molar-refractivity contribution in [1.29, 1.82) is 0 Å². The molecule has 32 heavy (non-hydrogen) atoms. The van der Waals surface area contributed by atoms with Crippen LogP contribution in [0.25, 0.3) is 6.08 Å². The van der Waals surface area contributed by atoms with Gasteiger partial charge in [0.25, 0.3) is 0 Å². The molecule has 0 unspecified atom stereocenters. The van der Waals surface area contributed by atoms with Gasteiger partial charge >= 0.3 is 0 Å². The van der Waals surface area contributed by atoms with Gasteiger partial charge in [-0.2, -0.15) is 0 Å². The van der Waals surface area contributed by atoms with Gasteiger partial charge in [-0.05, 0) is 48.6 Å². The molecule has 2 aliphatic heterocycles. The maximum atomic E-state index is 12.7. The van der Waals surface area contributed by atoms with Gasteiger partial charge in [-0.25, -0.2) is 9.97 Å². The van der Waals surface area contributed by atoms with Crippen LogP contribution in [-0.4, -0.2) is 76.1 Å². The highest BCUT2D eigenvalue weighted by Gasteiger charge is 2.29. The topological polar surface area (TPSA) is 72.8 Å². The average Bonchev–Trinajstić information content (AvgIpc) is 3.00. The first-order valence-electron chi connectivity index (χ1n) is 11.8. The van der Waals surface area contributed by atoms with Crippen molar-refractivity contribution in [3.05, 3.63) is 53.4 Å². The van der Waals surface area contributed by atoms with Crippen LogP contribution in [0.4, 0.5) is 5.95 Å². The molecule has 5 rings (SSSR count). The molecule has 0 radical (unpaired) electrons. The summed E-state index contributed by atoms with van der Waals surface area (Å²) in [6.45, 7) is 5.51. The van der Waals surface area contributed by atoms with Crippen molar-refractivity contribution in [3.8, 4) is 5.75 Å². The molecule has 3 heterocycles. The SMILES string of the molecule is O=C(/C=C/c1ccc(O)cc1)N1CCc2cnc(N3CCN(C4CCC4)CC3)nc2CC1. The molecule has 7 heteroatoms. The van der Waals surface area contributed by atoms with Gasteiger partial charge < -0.3 is 14.9 Å². The molecule has 1 amide bonds. The van der Waals surface area contributed by atoms with Crippen molar-refractivity contribution in [2.24, 2.45) is 0 Å². The van der Waals surface area contributed by atoms with Crippen LogP contribution in [-0.2, 0) is 17.6 Å². The Morgan fingerprint density at radius 1 is 1.00 bits per heavy atom. The number of amides is 1. The Morgan fingerprint density at radius 2 is 1.75 bits per heavy atom. The largest absolute Gasteiger partial charge is 0.508 e. The number of fused-ring (bicyclic) bond motifs is 1. The lowest BCUT2D eigenvalue weighted by atomic mass is 9.91. The zero-order valence-electron chi connectivity index (χ0n) is 18.5. The lowest BCUT2D eigenvalue weighted by Crippen LogP contribution is -2.52. The van der Waals surface area contributed by atoms with Crippen molar-refractivity contribution in [2.45, 2.75) is 38.1 Å². The number of carbonyl (C=O) groups is 1. The molecule has 1 aliphatic carbocycles. The van der Waals surface area contributed by atoms with Crippen LogP contribution in [0.3, 0.4) is 0 Å². The van der Waals surface area contributed by atoms with Crippen molar-refractivity contribution in [2.75, 3.05) is 44.2 Å². The third-order valence-electron chi connectivity index (χ3n) is 7.02. The summed E-state index contributed by atoms with van der Waals surface area (Å²) in [4.78, 5) is 29.1. The van der Waals surface area contributed by atoms with E-state index < -0.39 is 0 Å². The van der Waals surface area contributed by atoms with Crippen LogP contribution in [0, 0.1) is 0 Å². The molecule has 1 N–H and O–H groups in total. The minimum Gasteiger partial charge on any atom is -0.508 e. The molecule has 1 aromatic heterocycles.